The minimum Gasteiger partial charge on any atom is -0.478 e. The Bertz CT molecular complexity index is 359. The molecule has 0 atom stereocenters. The van der Waals surface area contributed by atoms with E-state index in [1.807, 2.05) is 0 Å². The average Bonchev–Trinajstić information content (AvgIpc) is 2.16. The second kappa shape index (κ2) is 3.40. The Morgan fingerprint density at radius 3 is 2.71 bits per heavy atom. The van der Waals surface area contributed by atoms with Crippen LogP contribution in [0.15, 0.2) is 22.8 Å². The maximum Gasteiger partial charge on any atom is 0.336 e. The van der Waals surface area contributed by atoms with Gasteiger partial charge in [-0.2, -0.15) is 0 Å². The summed E-state index contributed by atoms with van der Waals surface area (Å²) >= 11 is 0. The molecule has 2 rings (SSSR count). The van der Waals surface area contributed by atoms with Crippen LogP contribution in [0.2, 0.25) is 0 Å². The zero-order chi connectivity index (χ0) is 10.1. The van der Waals surface area contributed by atoms with Crippen molar-refractivity contribution in [1.82, 2.24) is 0 Å². The zero-order valence-corrected chi connectivity index (χ0v) is 7.88. The Hall–Kier alpha value is -1.38. The summed E-state index contributed by atoms with van der Waals surface area (Å²) in [6.45, 7) is 0. The van der Waals surface area contributed by atoms with Gasteiger partial charge in [-0.25, -0.2) is 4.79 Å². The standard InChI is InChI=1S/C11H12O3/c12-8-5-7-3-1-2-4-9(7)10(6-8)11(13)14/h6H,1-5H2,(H,13,14). The molecule has 0 spiro atoms. The van der Waals surface area contributed by atoms with Crippen molar-refractivity contribution in [2.75, 3.05) is 0 Å². The first-order chi connectivity index (χ1) is 6.68. The summed E-state index contributed by atoms with van der Waals surface area (Å²) in [4.78, 5) is 22.2. The van der Waals surface area contributed by atoms with Crippen molar-refractivity contribution in [3.63, 3.8) is 0 Å². The maximum absolute atomic E-state index is 11.3. The molecule has 2 aliphatic carbocycles. The van der Waals surface area contributed by atoms with E-state index in [-0.39, 0.29) is 11.4 Å². The lowest BCUT2D eigenvalue weighted by Crippen LogP contribution is -2.17. The quantitative estimate of drug-likeness (QED) is 0.689. The molecule has 0 saturated heterocycles. The lowest BCUT2D eigenvalue weighted by Gasteiger charge is -2.23. The molecule has 0 aliphatic heterocycles. The molecule has 74 valence electrons. The summed E-state index contributed by atoms with van der Waals surface area (Å²) in [6.07, 6.45) is 5.56. The normalized spacial score (nSPS) is 21.7. The third-order valence-electron chi connectivity index (χ3n) is 2.83. The lowest BCUT2D eigenvalue weighted by atomic mass is 9.81. The van der Waals surface area contributed by atoms with E-state index in [0.717, 1.165) is 36.8 Å². The van der Waals surface area contributed by atoms with Crippen LogP contribution in [-0.4, -0.2) is 16.9 Å². The highest BCUT2D eigenvalue weighted by molar-refractivity contribution is 6.04. The Kier molecular flexibility index (Phi) is 2.23. The zero-order valence-electron chi connectivity index (χ0n) is 7.88. The van der Waals surface area contributed by atoms with E-state index in [0.29, 0.717) is 6.42 Å². The summed E-state index contributed by atoms with van der Waals surface area (Å²) in [6, 6.07) is 0. The van der Waals surface area contributed by atoms with Gasteiger partial charge in [-0.15, -0.1) is 0 Å². The second-order valence-corrected chi connectivity index (χ2v) is 3.80. The van der Waals surface area contributed by atoms with Crippen LogP contribution < -0.4 is 0 Å². The van der Waals surface area contributed by atoms with Gasteiger partial charge >= 0.3 is 5.97 Å². The summed E-state index contributed by atoms with van der Waals surface area (Å²) < 4.78 is 0. The minimum atomic E-state index is -0.965. The van der Waals surface area contributed by atoms with Crippen molar-refractivity contribution >= 4 is 11.8 Å². The summed E-state index contributed by atoms with van der Waals surface area (Å²) in [5.41, 5.74) is 2.21. The Morgan fingerprint density at radius 1 is 1.29 bits per heavy atom. The van der Waals surface area contributed by atoms with Gasteiger partial charge in [0.25, 0.3) is 0 Å². The maximum atomic E-state index is 11.3. The average molecular weight is 192 g/mol. The molecule has 0 aromatic rings. The van der Waals surface area contributed by atoms with E-state index in [9.17, 15) is 9.59 Å². The SMILES string of the molecule is O=C1C=C(C(=O)O)C2=C(CCCC2)C1. The fourth-order valence-corrected chi connectivity index (χ4v) is 2.19. The van der Waals surface area contributed by atoms with Crippen LogP contribution in [0.4, 0.5) is 0 Å². The second-order valence-electron chi connectivity index (χ2n) is 3.80. The highest BCUT2D eigenvalue weighted by Gasteiger charge is 2.26. The molecule has 0 amide bonds. The van der Waals surface area contributed by atoms with Crippen LogP contribution in [0.25, 0.3) is 0 Å². The molecular weight excluding hydrogens is 180 g/mol. The number of hydrogen-bond donors (Lipinski definition) is 1. The summed E-state index contributed by atoms with van der Waals surface area (Å²) in [5.74, 6) is -1.03. The van der Waals surface area contributed by atoms with E-state index in [1.165, 1.54) is 6.08 Å². The van der Waals surface area contributed by atoms with Gasteiger partial charge in [0, 0.05) is 6.42 Å². The van der Waals surface area contributed by atoms with Gasteiger partial charge in [0.1, 0.15) is 0 Å². The first-order valence-electron chi connectivity index (χ1n) is 4.87. The Morgan fingerprint density at radius 2 is 2.00 bits per heavy atom. The number of carbonyl (C=O) groups is 2. The first-order valence-corrected chi connectivity index (χ1v) is 4.87. The highest BCUT2D eigenvalue weighted by Crippen LogP contribution is 2.34. The van der Waals surface area contributed by atoms with Gasteiger partial charge in [0.15, 0.2) is 5.78 Å². The summed E-state index contributed by atoms with van der Waals surface area (Å²) in [5, 5.41) is 8.94. The summed E-state index contributed by atoms with van der Waals surface area (Å²) in [7, 11) is 0. The third-order valence-corrected chi connectivity index (χ3v) is 2.83. The number of rotatable bonds is 1. The van der Waals surface area contributed by atoms with Gasteiger partial charge in [-0.3, -0.25) is 4.79 Å². The van der Waals surface area contributed by atoms with E-state index < -0.39 is 5.97 Å². The van der Waals surface area contributed by atoms with E-state index in [1.54, 1.807) is 0 Å². The first kappa shape index (κ1) is 9.19. The third kappa shape index (κ3) is 1.50. The van der Waals surface area contributed by atoms with Crippen molar-refractivity contribution in [3.05, 3.63) is 22.8 Å². The predicted molar refractivity (Wildman–Crippen MR) is 50.8 cm³/mol. The van der Waals surface area contributed by atoms with E-state index >= 15 is 0 Å². The number of ketones is 1. The van der Waals surface area contributed by atoms with Crippen LogP contribution >= 0.6 is 0 Å². The number of carbonyl (C=O) groups excluding carboxylic acids is 1. The molecule has 0 fully saturated rings. The number of allylic oxidation sites excluding steroid dienone is 2. The fraction of sp³-hybridized carbons (Fsp3) is 0.455. The number of carboxylic acids is 1. The topological polar surface area (TPSA) is 54.4 Å². The van der Waals surface area contributed by atoms with Crippen LogP contribution in [0, 0.1) is 0 Å². The molecule has 0 saturated carbocycles. The van der Waals surface area contributed by atoms with Crippen molar-refractivity contribution in [2.45, 2.75) is 32.1 Å². The van der Waals surface area contributed by atoms with Crippen LogP contribution in [0.5, 0.6) is 0 Å². The van der Waals surface area contributed by atoms with E-state index in [2.05, 4.69) is 0 Å². The largest absolute Gasteiger partial charge is 0.478 e. The fourth-order valence-electron chi connectivity index (χ4n) is 2.19. The van der Waals surface area contributed by atoms with Crippen molar-refractivity contribution in [1.29, 1.82) is 0 Å². The molecule has 1 N–H and O–H groups in total. The van der Waals surface area contributed by atoms with Crippen LogP contribution in [0.3, 0.4) is 0 Å². The molecule has 2 aliphatic rings. The van der Waals surface area contributed by atoms with Gasteiger partial charge in [0.2, 0.25) is 0 Å². The Labute approximate surface area is 82.1 Å². The predicted octanol–water partition coefficient (Wildman–Crippen LogP) is 1.84. The van der Waals surface area contributed by atoms with Gasteiger partial charge in [-0.1, -0.05) is 5.57 Å². The molecule has 0 heterocycles. The molecule has 0 aromatic carbocycles. The monoisotopic (exact) mass is 192 g/mol. The molecular formula is C11H12O3. The molecule has 3 heteroatoms. The van der Waals surface area contributed by atoms with Gasteiger partial charge in [-0.05, 0) is 37.3 Å². The lowest BCUT2D eigenvalue weighted by molar-refractivity contribution is -0.132. The molecule has 0 radical (unpaired) electrons. The molecule has 0 unspecified atom stereocenters. The number of hydrogen-bond acceptors (Lipinski definition) is 2. The van der Waals surface area contributed by atoms with Crippen molar-refractivity contribution in [2.24, 2.45) is 0 Å². The molecule has 0 aromatic heterocycles. The molecule has 0 bridgehead atoms. The Balaban J connectivity index is 2.41. The van der Waals surface area contributed by atoms with Gasteiger partial charge < -0.3 is 5.11 Å². The minimum absolute atomic E-state index is 0.0666. The number of carboxylic acid groups (broad SMARTS) is 1. The van der Waals surface area contributed by atoms with E-state index in [4.69, 9.17) is 5.11 Å². The smallest absolute Gasteiger partial charge is 0.336 e. The van der Waals surface area contributed by atoms with Crippen LogP contribution in [-0.2, 0) is 9.59 Å². The molecule has 3 nitrogen and oxygen atoms in total. The van der Waals surface area contributed by atoms with Crippen molar-refractivity contribution < 1.29 is 14.7 Å². The van der Waals surface area contributed by atoms with Gasteiger partial charge in [0.05, 0.1) is 5.57 Å². The molecule has 14 heavy (non-hydrogen) atoms. The van der Waals surface area contributed by atoms with Crippen LogP contribution in [0.1, 0.15) is 32.1 Å². The number of aliphatic carboxylic acids is 1. The highest BCUT2D eigenvalue weighted by atomic mass is 16.4. The van der Waals surface area contributed by atoms with Crippen molar-refractivity contribution in [3.8, 4) is 0 Å².